The lowest BCUT2D eigenvalue weighted by molar-refractivity contribution is 1.12. The van der Waals surface area contributed by atoms with Gasteiger partial charge in [0.1, 0.15) is 12.1 Å². The summed E-state index contributed by atoms with van der Waals surface area (Å²) in [7, 11) is 0. The summed E-state index contributed by atoms with van der Waals surface area (Å²) in [4.78, 5) is 0. The van der Waals surface area contributed by atoms with E-state index in [0.717, 1.165) is 104 Å². The Balaban J connectivity index is 1.03. The number of hydrogen-bond acceptors (Lipinski definition) is 2. The number of hydrogen-bond donors (Lipinski definition) is 0. The number of benzene rings is 11. The van der Waals surface area contributed by atoms with E-state index in [4.69, 9.17) is 0 Å². The standard InChI is InChI=1S/C64H36N6/c65-37-41-33-44(69-58-31-27-42(34-51(58)63-45-15-3-1-13-39(45)25-29-60(63)69)67-54-21-9-5-17-47(54)48-18-6-10-22-55(48)67)36-62(53(41)38-66)70-59-32-28-43(35-52(59)64-46-16-4-2-14-40(46)26-30-61(64)70)68-56-23-11-7-19-49(56)50-20-8-12-24-57(50)68/h1-36H. The second-order valence-electron chi connectivity index (χ2n) is 18.3. The van der Waals surface area contributed by atoms with Crippen LogP contribution in [0, 0.1) is 22.7 Å². The Hall–Kier alpha value is -9.88. The number of aromatic nitrogens is 4. The van der Waals surface area contributed by atoms with Crippen molar-refractivity contribution in [3.8, 4) is 34.9 Å². The van der Waals surface area contributed by atoms with Crippen LogP contribution in [-0.4, -0.2) is 18.3 Å². The minimum absolute atomic E-state index is 0.311. The van der Waals surface area contributed by atoms with Crippen molar-refractivity contribution in [3.63, 3.8) is 0 Å². The van der Waals surface area contributed by atoms with E-state index in [9.17, 15) is 10.5 Å². The Kier molecular flexibility index (Phi) is 7.82. The molecule has 15 aromatic rings. The molecule has 0 unspecified atom stereocenters. The summed E-state index contributed by atoms with van der Waals surface area (Å²) in [6.07, 6.45) is 0. The van der Waals surface area contributed by atoms with Gasteiger partial charge in [0.15, 0.2) is 0 Å². The molecule has 6 heteroatoms. The molecule has 15 rings (SSSR count). The second kappa shape index (κ2) is 14.3. The zero-order chi connectivity index (χ0) is 46.2. The summed E-state index contributed by atoms with van der Waals surface area (Å²) in [5.41, 5.74) is 12.7. The van der Waals surface area contributed by atoms with Gasteiger partial charge in [-0.2, -0.15) is 10.5 Å². The maximum absolute atomic E-state index is 11.1. The Morgan fingerprint density at radius 2 is 0.643 bits per heavy atom. The van der Waals surface area contributed by atoms with Crippen LogP contribution in [0.3, 0.4) is 0 Å². The van der Waals surface area contributed by atoms with Crippen LogP contribution in [0.15, 0.2) is 218 Å². The van der Waals surface area contributed by atoms with Gasteiger partial charge in [0.05, 0.1) is 60.9 Å². The monoisotopic (exact) mass is 888 g/mol. The fraction of sp³-hybridized carbons (Fsp3) is 0. The molecule has 0 atom stereocenters. The first-order valence-electron chi connectivity index (χ1n) is 23.5. The van der Waals surface area contributed by atoms with Gasteiger partial charge < -0.3 is 18.3 Å². The highest BCUT2D eigenvalue weighted by atomic mass is 15.0. The Morgan fingerprint density at radius 1 is 0.271 bits per heavy atom. The molecule has 0 saturated heterocycles. The summed E-state index contributed by atoms with van der Waals surface area (Å²) in [6, 6.07) is 82.6. The van der Waals surface area contributed by atoms with Gasteiger partial charge >= 0.3 is 0 Å². The van der Waals surface area contributed by atoms with E-state index in [1.54, 1.807) is 0 Å². The first-order valence-corrected chi connectivity index (χ1v) is 23.5. The van der Waals surface area contributed by atoms with Crippen molar-refractivity contribution in [2.24, 2.45) is 0 Å². The average molecular weight is 889 g/mol. The molecule has 11 aromatic carbocycles. The van der Waals surface area contributed by atoms with Crippen LogP contribution < -0.4 is 0 Å². The highest BCUT2D eigenvalue weighted by molar-refractivity contribution is 6.24. The Labute approximate surface area is 400 Å². The van der Waals surface area contributed by atoms with Gasteiger partial charge in [-0.15, -0.1) is 0 Å². The molecule has 0 aliphatic rings. The topological polar surface area (TPSA) is 67.3 Å². The molecule has 70 heavy (non-hydrogen) atoms. The molecule has 0 fully saturated rings. The van der Waals surface area contributed by atoms with Crippen molar-refractivity contribution < 1.29 is 0 Å². The molecule has 0 bridgehead atoms. The maximum atomic E-state index is 11.1. The van der Waals surface area contributed by atoms with Crippen LogP contribution in [0.2, 0.25) is 0 Å². The van der Waals surface area contributed by atoms with Crippen molar-refractivity contribution in [2.45, 2.75) is 0 Å². The minimum Gasteiger partial charge on any atom is -0.309 e. The predicted molar refractivity (Wildman–Crippen MR) is 288 cm³/mol. The van der Waals surface area contributed by atoms with Crippen molar-refractivity contribution in [3.05, 3.63) is 230 Å². The summed E-state index contributed by atoms with van der Waals surface area (Å²) >= 11 is 0. The van der Waals surface area contributed by atoms with Crippen molar-refractivity contribution in [2.75, 3.05) is 0 Å². The van der Waals surface area contributed by atoms with Crippen LogP contribution in [0.5, 0.6) is 0 Å². The number of nitriles is 2. The van der Waals surface area contributed by atoms with E-state index in [2.05, 4.69) is 243 Å². The van der Waals surface area contributed by atoms with Crippen LogP contribution in [0.25, 0.3) is 132 Å². The van der Waals surface area contributed by atoms with Crippen LogP contribution in [-0.2, 0) is 0 Å². The molecule has 0 amide bonds. The average Bonchev–Trinajstić information content (AvgIpc) is 4.15. The van der Waals surface area contributed by atoms with Crippen molar-refractivity contribution in [1.29, 1.82) is 10.5 Å². The SMILES string of the molecule is N#Cc1cc(-n2c3ccc(-n4c5ccccc5c5ccccc54)cc3c3c4ccccc4ccc32)cc(-n2c3ccc(-n4c5ccccc5c5ccccc54)cc3c3c4ccccc4ccc32)c1C#N. The highest BCUT2D eigenvalue weighted by Crippen LogP contribution is 2.44. The van der Waals surface area contributed by atoms with Crippen LogP contribution >= 0.6 is 0 Å². The quantitative estimate of drug-likeness (QED) is 0.177. The van der Waals surface area contributed by atoms with E-state index in [1.165, 1.54) is 21.5 Å². The van der Waals surface area contributed by atoms with Crippen molar-refractivity contribution >= 4 is 109 Å². The Bertz CT molecular complexity index is 4760. The lowest BCUT2D eigenvalue weighted by atomic mass is 10.0. The summed E-state index contributed by atoms with van der Waals surface area (Å²) in [6.45, 7) is 0. The largest absolute Gasteiger partial charge is 0.309 e. The van der Waals surface area contributed by atoms with Gasteiger partial charge in [0.2, 0.25) is 0 Å². The first-order chi connectivity index (χ1) is 34.7. The van der Waals surface area contributed by atoms with Crippen molar-refractivity contribution in [1.82, 2.24) is 18.3 Å². The van der Waals surface area contributed by atoms with E-state index < -0.39 is 0 Å². The summed E-state index contributed by atoms with van der Waals surface area (Å²) < 4.78 is 9.21. The molecule has 0 N–H and O–H groups in total. The molecule has 6 nitrogen and oxygen atoms in total. The first kappa shape index (κ1) is 38.2. The normalized spacial score (nSPS) is 12.0. The predicted octanol–water partition coefficient (Wildman–Crippen LogP) is 16.1. The maximum Gasteiger partial charge on any atom is 0.103 e. The molecule has 322 valence electrons. The molecule has 0 saturated carbocycles. The van der Waals surface area contributed by atoms with Gasteiger partial charge in [0.25, 0.3) is 0 Å². The number of para-hydroxylation sites is 4. The smallest absolute Gasteiger partial charge is 0.103 e. The number of rotatable bonds is 4. The summed E-state index contributed by atoms with van der Waals surface area (Å²) in [5, 5.41) is 35.9. The third-order valence-corrected chi connectivity index (χ3v) is 14.8. The minimum atomic E-state index is 0.311. The lowest BCUT2D eigenvalue weighted by Gasteiger charge is -2.16. The van der Waals surface area contributed by atoms with Gasteiger partial charge in [-0.25, -0.2) is 0 Å². The highest BCUT2D eigenvalue weighted by Gasteiger charge is 2.24. The molecule has 0 aliphatic heterocycles. The fourth-order valence-corrected chi connectivity index (χ4v) is 11.9. The van der Waals surface area contributed by atoms with Gasteiger partial charge in [-0.05, 0) is 106 Å². The fourth-order valence-electron chi connectivity index (χ4n) is 11.9. The number of fused-ring (bicyclic) bond motifs is 16. The van der Waals surface area contributed by atoms with E-state index in [0.29, 0.717) is 16.8 Å². The molecule has 4 aromatic heterocycles. The van der Waals surface area contributed by atoms with E-state index in [-0.39, 0.29) is 0 Å². The number of nitrogens with zero attached hydrogens (tertiary/aromatic N) is 6. The zero-order valence-corrected chi connectivity index (χ0v) is 37.5. The van der Waals surface area contributed by atoms with E-state index in [1.807, 2.05) is 6.07 Å². The van der Waals surface area contributed by atoms with Gasteiger partial charge in [-0.1, -0.05) is 133 Å². The van der Waals surface area contributed by atoms with Crippen LogP contribution in [0.4, 0.5) is 0 Å². The summed E-state index contributed by atoms with van der Waals surface area (Å²) in [5.74, 6) is 0. The van der Waals surface area contributed by atoms with Gasteiger partial charge in [-0.3, -0.25) is 0 Å². The molecule has 0 aliphatic carbocycles. The second-order valence-corrected chi connectivity index (χ2v) is 18.3. The molecule has 4 heterocycles. The molecular formula is C64H36N6. The molecule has 0 spiro atoms. The zero-order valence-electron chi connectivity index (χ0n) is 37.5. The third kappa shape index (κ3) is 5.14. The van der Waals surface area contributed by atoms with E-state index >= 15 is 0 Å². The third-order valence-electron chi connectivity index (χ3n) is 14.8. The lowest BCUT2D eigenvalue weighted by Crippen LogP contribution is -2.04. The van der Waals surface area contributed by atoms with Crippen LogP contribution in [0.1, 0.15) is 11.1 Å². The Morgan fingerprint density at radius 3 is 1.10 bits per heavy atom. The molecule has 0 radical (unpaired) electrons. The van der Waals surface area contributed by atoms with Gasteiger partial charge in [0, 0.05) is 60.2 Å². The molecular weight excluding hydrogens is 853 g/mol.